The molecule has 0 unspecified atom stereocenters. The Bertz CT molecular complexity index is 582. The Morgan fingerprint density at radius 3 is 2.83 bits per heavy atom. The Morgan fingerprint density at radius 2 is 2.06 bits per heavy atom. The van der Waals surface area contributed by atoms with E-state index in [1.807, 2.05) is 24.3 Å². The van der Waals surface area contributed by atoms with Crippen LogP contribution in [0.2, 0.25) is 0 Å². The molecule has 0 aliphatic carbocycles. The molecule has 0 saturated heterocycles. The lowest BCUT2D eigenvalue weighted by Gasteiger charge is -2.10. The van der Waals surface area contributed by atoms with Crippen molar-refractivity contribution in [3.63, 3.8) is 0 Å². The third kappa shape index (κ3) is 1.87. The van der Waals surface area contributed by atoms with Crippen LogP contribution in [0.3, 0.4) is 0 Å². The van der Waals surface area contributed by atoms with Gasteiger partial charge in [-0.05, 0) is 23.3 Å². The highest BCUT2D eigenvalue weighted by molar-refractivity contribution is 5.73. The molecule has 2 N–H and O–H groups in total. The Kier molecular flexibility index (Phi) is 2.76. The minimum Gasteiger partial charge on any atom is -0.488 e. The molecule has 1 aliphatic rings. The predicted molar refractivity (Wildman–Crippen MR) is 69.0 cm³/mol. The van der Waals surface area contributed by atoms with Crippen LogP contribution >= 0.6 is 0 Å². The number of hydrogen-bond acceptors (Lipinski definition) is 2. The minimum absolute atomic E-state index is 0.0368. The van der Waals surface area contributed by atoms with Crippen molar-refractivity contribution in [1.82, 2.24) is 0 Å². The van der Waals surface area contributed by atoms with Crippen molar-refractivity contribution in [2.45, 2.75) is 12.5 Å². The van der Waals surface area contributed by atoms with Gasteiger partial charge >= 0.3 is 0 Å². The third-order valence-electron chi connectivity index (χ3n) is 3.23. The molecule has 1 atom stereocenters. The lowest BCUT2D eigenvalue weighted by molar-refractivity contribution is 0.242. The van der Waals surface area contributed by atoms with Crippen LogP contribution < -0.4 is 10.5 Å². The molecule has 1 heterocycles. The molecule has 0 saturated carbocycles. The van der Waals surface area contributed by atoms with E-state index in [2.05, 4.69) is 0 Å². The number of benzene rings is 2. The number of ether oxygens (including phenoxy) is 1. The summed E-state index contributed by atoms with van der Waals surface area (Å²) in [6.45, 7) is 0.497. The largest absolute Gasteiger partial charge is 0.488 e. The first-order valence-corrected chi connectivity index (χ1v) is 6.02. The number of fused-ring (bicyclic) bond motifs is 1. The standard InChI is InChI=1S/C15H14FNO/c16-12-5-1-3-10(7-12)14-6-2-4-11-8-13(9-17)18-15(11)14/h1-7,13H,8-9,17H2/t13-/m0/s1. The average molecular weight is 243 g/mol. The van der Waals surface area contributed by atoms with E-state index in [0.717, 1.165) is 28.9 Å². The van der Waals surface area contributed by atoms with E-state index in [-0.39, 0.29) is 11.9 Å². The number of hydrogen-bond donors (Lipinski definition) is 1. The number of rotatable bonds is 2. The van der Waals surface area contributed by atoms with Gasteiger partial charge in [0.15, 0.2) is 0 Å². The van der Waals surface area contributed by atoms with E-state index >= 15 is 0 Å². The first kappa shape index (κ1) is 11.2. The van der Waals surface area contributed by atoms with Gasteiger partial charge in [-0.3, -0.25) is 0 Å². The van der Waals surface area contributed by atoms with E-state index in [1.54, 1.807) is 6.07 Å². The highest BCUT2D eigenvalue weighted by Gasteiger charge is 2.24. The van der Waals surface area contributed by atoms with Crippen molar-refractivity contribution < 1.29 is 9.13 Å². The van der Waals surface area contributed by atoms with Gasteiger partial charge in [-0.25, -0.2) is 4.39 Å². The molecule has 18 heavy (non-hydrogen) atoms. The first-order valence-electron chi connectivity index (χ1n) is 6.02. The predicted octanol–water partition coefficient (Wildman–Crippen LogP) is 2.75. The molecule has 0 spiro atoms. The van der Waals surface area contributed by atoms with Crippen LogP contribution in [0, 0.1) is 5.82 Å². The lowest BCUT2D eigenvalue weighted by Crippen LogP contribution is -2.24. The van der Waals surface area contributed by atoms with E-state index in [9.17, 15) is 4.39 Å². The van der Waals surface area contributed by atoms with Crippen LogP contribution in [0.25, 0.3) is 11.1 Å². The fourth-order valence-corrected chi connectivity index (χ4v) is 2.35. The summed E-state index contributed by atoms with van der Waals surface area (Å²) in [6, 6.07) is 12.5. The Hall–Kier alpha value is -1.87. The summed E-state index contributed by atoms with van der Waals surface area (Å²) in [5, 5.41) is 0. The minimum atomic E-state index is -0.238. The zero-order chi connectivity index (χ0) is 12.5. The SMILES string of the molecule is NC[C@@H]1Cc2cccc(-c3cccc(F)c3)c2O1. The van der Waals surface area contributed by atoms with Gasteiger partial charge in [-0.1, -0.05) is 30.3 Å². The summed E-state index contributed by atoms with van der Waals surface area (Å²) in [5.41, 5.74) is 8.56. The first-order chi connectivity index (χ1) is 8.78. The molecule has 0 amide bonds. The van der Waals surface area contributed by atoms with Crippen molar-refractivity contribution in [3.05, 3.63) is 53.8 Å². The zero-order valence-corrected chi connectivity index (χ0v) is 9.90. The molecular weight excluding hydrogens is 229 g/mol. The van der Waals surface area contributed by atoms with Gasteiger partial charge in [0, 0.05) is 18.5 Å². The molecule has 2 nitrogen and oxygen atoms in total. The Balaban J connectivity index is 2.08. The fraction of sp³-hybridized carbons (Fsp3) is 0.200. The quantitative estimate of drug-likeness (QED) is 0.880. The molecule has 92 valence electrons. The van der Waals surface area contributed by atoms with Gasteiger partial charge in [0.2, 0.25) is 0 Å². The molecule has 0 radical (unpaired) electrons. The highest BCUT2D eigenvalue weighted by Crippen LogP contribution is 2.38. The van der Waals surface area contributed by atoms with Crippen molar-refractivity contribution in [3.8, 4) is 16.9 Å². The second kappa shape index (κ2) is 4.42. The van der Waals surface area contributed by atoms with Gasteiger partial charge in [0.1, 0.15) is 17.7 Å². The van der Waals surface area contributed by atoms with Gasteiger partial charge in [-0.2, -0.15) is 0 Å². The molecule has 0 bridgehead atoms. The maximum atomic E-state index is 13.3. The number of nitrogens with two attached hydrogens (primary N) is 1. The van der Waals surface area contributed by atoms with Crippen molar-refractivity contribution in [2.75, 3.05) is 6.54 Å². The van der Waals surface area contributed by atoms with Crippen LogP contribution in [0.15, 0.2) is 42.5 Å². The molecule has 0 fully saturated rings. The maximum Gasteiger partial charge on any atom is 0.130 e. The van der Waals surface area contributed by atoms with Gasteiger partial charge in [0.25, 0.3) is 0 Å². The van der Waals surface area contributed by atoms with E-state index in [0.29, 0.717) is 6.54 Å². The molecular formula is C15H14FNO. The Labute approximate surface area is 105 Å². The second-order valence-corrected chi connectivity index (χ2v) is 4.48. The van der Waals surface area contributed by atoms with E-state index in [1.165, 1.54) is 12.1 Å². The zero-order valence-electron chi connectivity index (χ0n) is 9.90. The van der Waals surface area contributed by atoms with Crippen LogP contribution in [0.5, 0.6) is 5.75 Å². The Morgan fingerprint density at radius 1 is 1.22 bits per heavy atom. The van der Waals surface area contributed by atoms with Crippen LogP contribution in [-0.4, -0.2) is 12.6 Å². The van der Waals surface area contributed by atoms with Crippen LogP contribution in [0.4, 0.5) is 4.39 Å². The lowest BCUT2D eigenvalue weighted by atomic mass is 10.0. The molecule has 3 rings (SSSR count). The van der Waals surface area contributed by atoms with Gasteiger partial charge in [-0.15, -0.1) is 0 Å². The summed E-state index contributed by atoms with van der Waals surface area (Å²) >= 11 is 0. The molecule has 3 heteroatoms. The smallest absolute Gasteiger partial charge is 0.130 e. The average Bonchev–Trinajstić information content (AvgIpc) is 2.81. The van der Waals surface area contributed by atoms with Crippen molar-refractivity contribution in [1.29, 1.82) is 0 Å². The third-order valence-corrected chi connectivity index (χ3v) is 3.23. The maximum absolute atomic E-state index is 13.3. The summed E-state index contributed by atoms with van der Waals surface area (Å²) < 4.78 is 19.1. The summed E-state index contributed by atoms with van der Waals surface area (Å²) in [5.74, 6) is 0.608. The molecule has 2 aromatic rings. The molecule has 2 aromatic carbocycles. The van der Waals surface area contributed by atoms with E-state index < -0.39 is 0 Å². The monoisotopic (exact) mass is 243 g/mol. The summed E-state index contributed by atoms with van der Waals surface area (Å²) in [4.78, 5) is 0. The molecule has 0 aromatic heterocycles. The van der Waals surface area contributed by atoms with Gasteiger partial charge in [0.05, 0.1) is 0 Å². The van der Waals surface area contributed by atoms with Gasteiger partial charge < -0.3 is 10.5 Å². The van der Waals surface area contributed by atoms with Crippen molar-refractivity contribution in [2.24, 2.45) is 5.73 Å². The summed E-state index contributed by atoms with van der Waals surface area (Å²) in [7, 11) is 0. The van der Waals surface area contributed by atoms with Crippen LogP contribution in [0.1, 0.15) is 5.56 Å². The van der Waals surface area contributed by atoms with Crippen molar-refractivity contribution >= 4 is 0 Å². The topological polar surface area (TPSA) is 35.2 Å². The molecule has 1 aliphatic heterocycles. The second-order valence-electron chi connectivity index (χ2n) is 4.48. The van der Waals surface area contributed by atoms with Crippen LogP contribution in [-0.2, 0) is 6.42 Å². The fourth-order valence-electron chi connectivity index (χ4n) is 2.35. The highest BCUT2D eigenvalue weighted by atomic mass is 19.1. The number of halogens is 1. The van der Waals surface area contributed by atoms with E-state index in [4.69, 9.17) is 10.5 Å². The number of para-hydroxylation sites is 1. The normalized spacial score (nSPS) is 17.3. The summed E-state index contributed by atoms with van der Waals surface area (Å²) in [6.07, 6.45) is 0.865.